The van der Waals surface area contributed by atoms with Crippen molar-refractivity contribution >= 4 is 5.82 Å². The SMILES string of the molecule is CN(C)c1cc(CNCc2cccc(OCc3ccccn3)c2)ccn1. The molecule has 0 atom stereocenters. The number of rotatable bonds is 8. The van der Waals surface area contributed by atoms with Gasteiger partial charge in [-0.1, -0.05) is 18.2 Å². The van der Waals surface area contributed by atoms with Gasteiger partial charge in [0, 0.05) is 39.6 Å². The largest absolute Gasteiger partial charge is 0.487 e. The molecule has 1 aromatic carbocycles. The number of nitrogens with one attached hydrogen (secondary N) is 1. The molecule has 0 fully saturated rings. The van der Waals surface area contributed by atoms with Crippen LogP contribution in [0.15, 0.2) is 67.0 Å². The minimum absolute atomic E-state index is 0.474. The summed E-state index contributed by atoms with van der Waals surface area (Å²) in [6, 6.07) is 18.1. The number of benzene rings is 1. The minimum atomic E-state index is 0.474. The van der Waals surface area contributed by atoms with Gasteiger partial charge in [0.1, 0.15) is 18.2 Å². The maximum Gasteiger partial charge on any atom is 0.130 e. The van der Waals surface area contributed by atoms with E-state index in [4.69, 9.17) is 4.74 Å². The van der Waals surface area contributed by atoms with E-state index in [0.29, 0.717) is 6.61 Å². The molecule has 26 heavy (non-hydrogen) atoms. The first-order chi connectivity index (χ1) is 12.7. The van der Waals surface area contributed by atoms with Gasteiger partial charge in [-0.3, -0.25) is 4.98 Å². The summed E-state index contributed by atoms with van der Waals surface area (Å²) in [6.45, 7) is 2.05. The smallest absolute Gasteiger partial charge is 0.130 e. The molecule has 0 aliphatic carbocycles. The van der Waals surface area contributed by atoms with E-state index in [0.717, 1.165) is 30.4 Å². The molecule has 0 aliphatic rings. The van der Waals surface area contributed by atoms with Gasteiger partial charge in [0.05, 0.1) is 5.69 Å². The molecular weight excluding hydrogens is 324 g/mol. The lowest BCUT2D eigenvalue weighted by Gasteiger charge is -2.13. The first-order valence-electron chi connectivity index (χ1n) is 8.65. The van der Waals surface area contributed by atoms with E-state index < -0.39 is 0 Å². The lowest BCUT2D eigenvalue weighted by Crippen LogP contribution is -2.15. The van der Waals surface area contributed by atoms with Gasteiger partial charge in [-0.25, -0.2) is 4.98 Å². The van der Waals surface area contributed by atoms with Gasteiger partial charge in [0.25, 0.3) is 0 Å². The van der Waals surface area contributed by atoms with E-state index in [2.05, 4.69) is 33.5 Å². The highest BCUT2D eigenvalue weighted by molar-refractivity contribution is 5.39. The van der Waals surface area contributed by atoms with Crippen molar-refractivity contribution in [1.29, 1.82) is 0 Å². The molecule has 5 heteroatoms. The number of nitrogens with zero attached hydrogens (tertiary/aromatic N) is 3. The zero-order valence-corrected chi connectivity index (χ0v) is 15.2. The van der Waals surface area contributed by atoms with Crippen LogP contribution in [0.5, 0.6) is 5.75 Å². The zero-order valence-electron chi connectivity index (χ0n) is 15.2. The second kappa shape index (κ2) is 8.97. The predicted molar refractivity (Wildman–Crippen MR) is 104 cm³/mol. The molecular formula is C21H24N4O. The standard InChI is InChI=1S/C21H24N4O/c1-25(2)21-13-18(9-11-24-21)15-22-14-17-6-5-8-20(12-17)26-16-19-7-3-4-10-23-19/h3-13,22H,14-16H2,1-2H3. The zero-order chi connectivity index (χ0) is 18.2. The molecule has 134 valence electrons. The molecule has 0 saturated heterocycles. The lowest BCUT2D eigenvalue weighted by atomic mass is 10.2. The van der Waals surface area contributed by atoms with E-state index in [1.54, 1.807) is 6.20 Å². The second-order valence-electron chi connectivity index (χ2n) is 6.28. The fourth-order valence-electron chi connectivity index (χ4n) is 2.55. The van der Waals surface area contributed by atoms with Gasteiger partial charge in [0.2, 0.25) is 0 Å². The third kappa shape index (κ3) is 5.29. The van der Waals surface area contributed by atoms with Crippen molar-refractivity contribution < 1.29 is 4.74 Å². The van der Waals surface area contributed by atoms with Crippen LogP contribution in [-0.2, 0) is 19.7 Å². The monoisotopic (exact) mass is 348 g/mol. The molecule has 3 aromatic rings. The average Bonchev–Trinajstić information content (AvgIpc) is 2.68. The first-order valence-corrected chi connectivity index (χ1v) is 8.65. The van der Waals surface area contributed by atoms with Crippen LogP contribution in [0.1, 0.15) is 16.8 Å². The quantitative estimate of drug-likeness (QED) is 0.676. The molecule has 0 bridgehead atoms. The second-order valence-corrected chi connectivity index (χ2v) is 6.28. The Morgan fingerprint density at radius 3 is 2.50 bits per heavy atom. The van der Waals surface area contributed by atoms with Crippen molar-refractivity contribution in [3.63, 3.8) is 0 Å². The van der Waals surface area contributed by atoms with Gasteiger partial charge in [-0.05, 0) is 47.5 Å². The number of ether oxygens (including phenoxy) is 1. The Kier molecular flexibility index (Phi) is 6.17. The molecule has 3 rings (SSSR count). The van der Waals surface area contributed by atoms with E-state index in [1.807, 2.05) is 61.6 Å². The minimum Gasteiger partial charge on any atom is -0.487 e. The van der Waals surface area contributed by atoms with Crippen LogP contribution in [0.4, 0.5) is 5.82 Å². The van der Waals surface area contributed by atoms with Crippen LogP contribution in [0, 0.1) is 0 Å². The molecule has 2 aromatic heterocycles. The Morgan fingerprint density at radius 1 is 0.885 bits per heavy atom. The van der Waals surface area contributed by atoms with E-state index >= 15 is 0 Å². The molecule has 5 nitrogen and oxygen atoms in total. The number of hydrogen-bond acceptors (Lipinski definition) is 5. The topological polar surface area (TPSA) is 50.3 Å². The summed E-state index contributed by atoms with van der Waals surface area (Å²) in [5, 5.41) is 3.47. The Morgan fingerprint density at radius 2 is 1.73 bits per heavy atom. The van der Waals surface area contributed by atoms with Gasteiger partial charge in [-0.15, -0.1) is 0 Å². The summed E-state index contributed by atoms with van der Waals surface area (Å²) < 4.78 is 5.84. The molecule has 1 N–H and O–H groups in total. The van der Waals surface area contributed by atoms with E-state index in [1.165, 1.54) is 11.1 Å². The Balaban J connectivity index is 1.51. The Bertz CT molecular complexity index is 821. The number of aromatic nitrogens is 2. The maximum atomic E-state index is 5.84. The molecule has 0 radical (unpaired) electrons. The summed E-state index contributed by atoms with van der Waals surface area (Å²) in [7, 11) is 3.99. The fourth-order valence-corrected chi connectivity index (χ4v) is 2.55. The molecule has 0 aliphatic heterocycles. The first kappa shape index (κ1) is 17.9. The summed E-state index contributed by atoms with van der Waals surface area (Å²) in [4.78, 5) is 10.6. The van der Waals surface area contributed by atoms with Crippen molar-refractivity contribution in [3.05, 3.63) is 83.8 Å². The van der Waals surface area contributed by atoms with Crippen LogP contribution >= 0.6 is 0 Å². The van der Waals surface area contributed by atoms with Gasteiger partial charge in [0.15, 0.2) is 0 Å². The third-order valence-electron chi connectivity index (χ3n) is 3.94. The highest BCUT2D eigenvalue weighted by Crippen LogP contribution is 2.15. The molecule has 0 unspecified atom stereocenters. The predicted octanol–water partition coefficient (Wildman–Crippen LogP) is 3.41. The highest BCUT2D eigenvalue weighted by atomic mass is 16.5. The normalized spacial score (nSPS) is 10.5. The van der Waals surface area contributed by atoms with Crippen molar-refractivity contribution in [3.8, 4) is 5.75 Å². The summed E-state index contributed by atoms with van der Waals surface area (Å²) in [5.74, 6) is 1.82. The van der Waals surface area contributed by atoms with E-state index in [-0.39, 0.29) is 0 Å². The van der Waals surface area contributed by atoms with Crippen molar-refractivity contribution in [2.24, 2.45) is 0 Å². The van der Waals surface area contributed by atoms with E-state index in [9.17, 15) is 0 Å². The number of pyridine rings is 2. The fraction of sp³-hybridized carbons (Fsp3) is 0.238. The summed E-state index contributed by atoms with van der Waals surface area (Å²) in [6.07, 6.45) is 3.62. The van der Waals surface area contributed by atoms with Gasteiger partial charge in [-0.2, -0.15) is 0 Å². The third-order valence-corrected chi connectivity index (χ3v) is 3.94. The summed E-state index contributed by atoms with van der Waals surface area (Å²) >= 11 is 0. The van der Waals surface area contributed by atoms with Crippen LogP contribution in [-0.4, -0.2) is 24.1 Å². The maximum absolute atomic E-state index is 5.84. The Labute approximate surface area is 154 Å². The Hall–Kier alpha value is -2.92. The summed E-state index contributed by atoms with van der Waals surface area (Å²) in [5.41, 5.74) is 3.32. The highest BCUT2D eigenvalue weighted by Gasteiger charge is 2.01. The van der Waals surface area contributed by atoms with Crippen molar-refractivity contribution in [2.75, 3.05) is 19.0 Å². The average molecular weight is 348 g/mol. The van der Waals surface area contributed by atoms with Gasteiger partial charge >= 0.3 is 0 Å². The van der Waals surface area contributed by atoms with Gasteiger partial charge < -0.3 is 15.0 Å². The molecule has 0 saturated carbocycles. The number of hydrogen-bond donors (Lipinski definition) is 1. The van der Waals surface area contributed by atoms with Crippen LogP contribution in [0.25, 0.3) is 0 Å². The van der Waals surface area contributed by atoms with Crippen LogP contribution < -0.4 is 15.0 Å². The number of anilines is 1. The van der Waals surface area contributed by atoms with Crippen molar-refractivity contribution in [2.45, 2.75) is 19.7 Å². The van der Waals surface area contributed by atoms with Crippen molar-refractivity contribution in [1.82, 2.24) is 15.3 Å². The molecule has 2 heterocycles. The lowest BCUT2D eigenvalue weighted by molar-refractivity contribution is 0.301. The van der Waals surface area contributed by atoms with Crippen LogP contribution in [0.3, 0.4) is 0 Å². The molecule has 0 spiro atoms. The van der Waals surface area contributed by atoms with Crippen LogP contribution in [0.2, 0.25) is 0 Å². The molecule has 0 amide bonds.